The van der Waals surface area contributed by atoms with E-state index < -0.39 is 0 Å². The van der Waals surface area contributed by atoms with Crippen LogP contribution in [0.1, 0.15) is 63.0 Å². The van der Waals surface area contributed by atoms with Crippen LogP contribution in [0.2, 0.25) is 0 Å². The number of carbonyl (C=O) groups excluding carboxylic acids is 1. The third-order valence-electron chi connectivity index (χ3n) is 8.14. The van der Waals surface area contributed by atoms with Crippen LogP contribution in [0.5, 0.6) is 0 Å². The number of unbranched alkanes of at least 4 members (excludes halogenated alkanes) is 5. The fraction of sp³-hybridized carbons (Fsp3) is 0.353. The molecule has 7 nitrogen and oxygen atoms in total. The van der Waals surface area contributed by atoms with Gasteiger partial charge in [0.25, 0.3) is 0 Å². The average Bonchev–Trinajstić information content (AvgIpc) is 3.36. The van der Waals surface area contributed by atoms with E-state index in [1.807, 2.05) is 36.5 Å². The molecule has 42 heavy (non-hydrogen) atoms. The van der Waals surface area contributed by atoms with Gasteiger partial charge in [-0.1, -0.05) is 90.4 Å². The second-order valence-corrected chi connectivity index (χ2v) is 11.9. The summed E-state index contributed by atoms with van der Waals surface area (Å²) in [7, 11) is 0. The maximum absolute atomic E-state index is 12.8. The third-order valence-corrected chi connectivity index (χ3v) is 8.64. The number of rotatable bonds is 10. The van der Waals surface area contributed by atoms with E-state index in [1.165, 1.54) is 19.3 Å². The number of nitrogens with zero attached hydrogens (tertiary/aromatic N) is 5. The van der Waals surface area contributed by atoms with Crippen LogP contribution < -0.4 is 9.80 Å². The number of hydrogen-bond donors (Lipinski definition) is 0. The number of carbonyl (C=O) groups is 1. The lowest BCUT2D eigenvalue weighted by Gasteiger charge is -2.37. The highest BCUT2D eigenvalue weighted by Gasteiger charge is 2.34. The molecule has 2 aromatic heterocycles. The first-order chi connectivity index (χ1) is 20.6. The minimum Gasteiger partial charge on any atom is -0.353 e. The van der Waals surface area contributed by atoms with Gasteiger partial charge in [0.2, 0.25) is 0 Å². The number of pyridine rings is 2. The van der Waals surface area contributed by atoms with Crippen molar-refractivity contribution < 1.29 is 9.63 Å². The van der Waals surface area contributed by atoms with Crippen molar-refractivity contribution in [3.63, 3.8) is 0 Å². The molecule has 4 aromatic rings. The van der Waals surface area contributed by atoms with Gasteiger partial charge in [-0.15, -0.1) is 0 Å². The molecule has 0 radical (unpaired) electrons. The Morgan fingerprint density at radius 2 is 1.62 bits per heavy atom. The number of benzene rings is 2. The summed E-state index contributed by atoms with van der Waals surface area (Å²) in [4.78, 5) is 32.7. The third kappa shape index (κ3) is 5.91. The van der Waals surface area contributed by atoms with E-state index in [0.29, 0.717) is 12.1 Å². The minimum absolute atomic E-state index is 0.286. The highest BCUT2D eigenvalue weighted by molar-refractivity contribution is 9.10. The molecule has 1 saturated heterocycles. The predicted octanol–water partition coefficient (Wildman–Crippen LogP) is 7.75. The molecule has 6 rings (SSSR count). The van der Waals surface area contributed by atoms with Crippen LogP contribution >= 0.6 is 15.9 Å². The Kier molecular flexibility index (Phi) is 8.79. The van der Waals surface area contributed by atoms with Gasteiger partial charge in [0.15, 0.2) is 0 Å². The molecular formula is C34H36BrN5O2. The molecule has 2 aromatic carbocycles. The van der Waals surface area contributed by atoms with Crippen LogP contribution in [0.4, 0.5) is 11.6 Å². The van der Waals surface area contributed by atoms with Gasteiger partial charge in [0, 0.05) is 59.8 Å². The van der Waals surface area contributed by atoms with Gasteiger partial charge in [-0.3, -0.25) is 0 Å². The van der Waals surface area contributed by atoms with E-state index in [0.717, 1.165) is 94.7 Å². The number of fused-ring (bicyclic) bond motifs is 5. The maximum atomic E-state index is 12.8. The van der Waals surface area contributed by atoms with E-state index in [9.17, 15) is 4.79 Å². The van der Waals surface area contributed by atoms with Crippen molar-refractivity contribution in [2.75, 3.05) is 36.0 Å². The molecule has 0 atom stereocenters. The van der Waals surface area contributed by atoms with Crippen LogP contribution in [0, 0.1) is 0 Å². The monoisotopic (exact) mass is 625 g/mol. The Hall–Kier alpha value is -3.78. The first-order valence-electron chi connectivity index (χ1n) is 15.1. The molecule has 1 aliphatic heterocycles. The summed E-state index contributed by atoms with van der Waals surface area (Å²) in [5.41, 5.74) is 5.66. The highest BCUT2D eigenvalue weighted by atomic mass is 79.9. The smallest absolute Gasteiger partial charge is 0.335 e. The summed E-state index contributed by atoms with van der Waals surface area (Å²) in [6.07, 6.45) is 8.92. The fourth-order valence-electron chi connectivity index (χ4n) is 5.97. The summed E-state index contributed by atoms with van der Waals surface area (Å²) in [6, 6.07) is 20.5. The van der Waals surface area contributed by atoms with Crippen molar-refractivity contribution >= 4 is 50.1 Å². The lowest BCUT2D eigenvalue weighted by Crippen LogP contribution is -2.47. The summed E-state index contributed by atoms with van der Waals surface area (Å²) in [5.74, 6) is 1.58. The van der Waals surface area contributed by atoms with Gasteiger partial charge in [0.1, 0.15) is 17.3 Å². The van der Waals surface area contributed by atoms with Gasteiger partial charge in [-0.2, -0.15) is 0 Å². The zero-order valence-corrected chi connectivity index (χ0v) is 25.6. The molecule has 2 aliphatic rings. The van der Waals surface area contributed by atoms with Gasteiger partial charge in [-0.25, -0.2) is 14.8 Å². The number of piperazine rings is 1. The Bertz CT molecular complexity index is 1600. The van der Waals surface area contributed by atoms with E-state index in [4.69, 9.17) is 9.82 Å². The summed E-state index contributed by atoms with van der Waals surface area (Å²) in [5, 5.41) is 5.60. The molecule has 216 valence electrons. The Morgan fingerprint density at radius 1 is 0.881 bits per heavy atom. The zero-order valence-electron chi connectivity index (χ0n) is 24.1. The number of hydrogen-bond acceptors (Lipinski definition) is 7. The van der Waals surface area contributed by atoms with Crippen LogP contribution in [0.3, 0.4) is 0 Å². The summed E-state index contributed by atoms with van der Waals surface area (Å²) in [6.45, 7) is 5.45. The first-order valence-corrected chi connectivity index (χ1v) is 15.9. The molecule has 0 unspecified atom stereocenters. The second kappa shape index (κ2) is 13.0. The molecule has 0 bridgehead atoms. The average molecular weight is 627 g/mol. The molecule has 0 saturated carbocycles. The fourth-order valence-corrected chi connectivity index (χ4v) is 6.33. The van der Waals surface area contributed by atoms with E-state index in [-0.39, 0.29) is 5.97 Å². The quantitative estimate of drug-likeness (QED) is 0.0898. The maximum Gasteiger partial charge on any atom is 0.335 e. The van der Waals surface area contributed by atoms with Gasteiger partial charge in [-0.05, 0) is 42.3 Å². The van der Waals surface area contributed by atoms with E-state index in [2.05, 4.69) is 73.1 Å². The number of anilines is 2. The molecular weight excluding hydrogens is 590 g/mol. The van der Waals surface area contributed by atoms with Crippen molar-refractivity contribution in [1.82, 2.24) is 9.97 Å². The van der Waals surface area contributed by atoms with Crippen LogP contribution in [-0.4, -0.2) is 47.8 Å². The summed E-state index contributed by atoms with van der Waals surface area (Å²) >= 11 is 3.66. The van der Waals surface area contributed by atoms with Gasteiger partial charge >= 0.3 is 5.97 Å². The molecule has 8 heteroatoms. The lowest BCUT2D eigenvalue weighted by atomic mass is 10.0. The van der Waals surface area contributed by atoms with Crippen molar-refractivity contribution in [3.8, 4) is 11.1 Å². The topological polar surface area (TPSA) is 70.9 Å². The zero-order chi connectivity index (χ0) is 28.9. The molecule has 1 fully saturated rings. The van der Waals surface area contributed by atoms with Crippen LogP contribution in [0.25, 0.3) is 22.0 Å². The highest BCUT2D eigenvalue weighted by Crippen LogP contribution is 2.46. The van der Waals surface area contributed by atoms with E-state index in [1.54, 1.807) is 0 Å². The van der Waals surface area contributed by atoms with Crippen LogP contribution in [0.15, 0.2) is 76.5 Å². The molecule has 1 aliphatic carbocycles. The minimum atomic E-state index is -0.286. The Labute approximate surface area is 255 Å². The lowest BCUT2D eigenvalue weighted by molar-refractivity contribution is -0.143. The Morgan fingerprint density at radius 3 is 2.40 bits per heavy atom. The molecule has 0 N–H and O–H groups in total. The number of oxime groups is 1. The van der Waals surface area contributed by atoms with Crippen molar-refractivity contribution in [2.45, 2.75) is 51.9 Å². The molecule has 0 amide bonds. The van der Waals surface area contributed by atoms with E-state index >= 15 is 0 Å². The predicted molar refractivity (Wildman–Crippen MR) is 173 cm³/mol. The normalized spacial score (nSPS) is 15.2. The summed E-state index contributed by atoms with van der Waals surface area (Å²) < 4.78 is 0.990. The van der Waals surface area contributed by atoms with Crippen molar-refractivity contribution in [3.05, 3.63) is 82.5 Å². The van der Waals surface area contributed by atoms with Gasteiger partial charge < -0.3 is 14.6 Å². The standard InChI is InChI=1S/C34H36BrN5O2/c1-2-3-4-5-6-7-15-30(41)42-38-33-26-13-9-8-12-25(26)31-27-23-24(35)16-17-28(27)37-34(32(31)33)40-21-19-39(20-22-40)29-14-10-11-18-36-29/h8-14,16-18,23H,2-7,15,19-22H2,1H3/b38-33+. The van der Waals surface area contributed by atoms with Crippen LogP contribution in [-0.2, 0) is 9.63 Å². The first kappa shape index (κ1) is 28.3. The van der Waals surface area contributed by atoms with Gasteiger partial charge in [0.05, 0.1) is 11.1 Å². The molecule has 0 spiro atoms. The van der Waals surface area contributed by atoms with Crippen molar-refractivity contribution in [1.29, 1.82) is 0 Å². The number of halogens is 1. The SMILES string of the molecule is CCCCCCCCC(=O)O/N=C1\c2ccccc2-c2c1c(N1CCN(c3ccccn3)CC1)nc1ccc(Br)cc21. The molecule has 3 heterocycles. The second-order valence-electron chi connectivity index (χ2n) is 11.0. The largest absolute Gasteiger partial charge is 0.353 e. The Balaban J connectivity index is 1.33. The van der Waals surface area contributed by atoms with Crippen molar-refractivity contribution in [2.24, 2.45) is 5.16 Å². The number of aromatic nitrogens is 2.